The van der Waals surface area contributed by atoms with E-state index in [1.54, 1.807) is 12.3 Å². The van der Waals surface area contributed by atoms with E-state index in [1.807, 2.05) is 0 Å². The number of aromatic nitrogens is 1. The maximum Gasteiger partial charge on any atom is 0.250 e. The molecule has 0 saturated carbocycles. The van der Waals surface area contributed by atoms with Gasteiger partial charge in [0.1, 0.15) is 0 Å². The number of nitrogens with zero attached hydrogens (tertiary/aromatic N) is 1. The Labute approximate surface area is 75.2 Å². The van der Waals surface area contributed by atoms with Crippen LogP contribution >= 0.6 is 11.6 Å². The van der Waals surface area contributed by atoms with Gasteiger partial charge < -0.3 is 9.67 Å². The van der Waals surface area contributed by atoms with Crippen LogP contribution < -0.4 is 5.56 Å². The molecule has 4 heteroatoms. The molecule has 0 atom stereocenters. The summed E-state index contributed by atoms with van der Waals surface area (Å²) in [7, 11) is 0. The minimum atomic E-state index is -0.0900. The minimum absolute atomic E-state index is 0.0823. The summed E-state index contributed by atoms with van der Waals surface area (Å²) < 4.78 is 1.48. The van der Waals surface area contributed by atoms with Crippen molar-refractivity contribution in [1.29, 1.82) is 0 Å². The summed E-state index contributed by atoms with van der Waals surface area (Å²) in [5, 5.41) is 9.07. The van der Waals surface area contributed by atoms with E-state index >= 15 is 0 Å². The van der Waals surface area contributed by atoms with Gasteiger partial charge in [-0.05, 0) is 12.5 Å². The zero-order chi connectivity index (χ0) is 8.97. The minimum Gasteiger partial charge on any atom is -0.396 e. The molecule has 1 rings (SSSR count). The number of hydrogen-bond acceptors (Lipinski definition) is 2. The van der Waals surface area contributed by atoms with Crippen molar-refractivity contribution in [1.82, 2.24) is 4.57 Å². The van der Waals surface area contributed by atoms with Gasteiger partial charge in [-0.15, -0.1) is 0 Å². The first-order valence-electron chi connectivity index (χ1n) is 3.71. The van der Waals surface area contributed by atoms with E-state index in [9.17, 15) is 4.79 Å². The molecular weight excluding hydrogens is 178 g/mol. The smallest absolute Gasteiger partial charge is 0.250 e. The van der Waals surface area contributed by atoms with E-state index in [4.69, 9.17) is 16.7 Å². The highest BCUT2D eigenvalue weighted by atomic mass is 35.5. The summed E-state index contributed by atoms with van der Waals surface area (Å²) in [6, 6.07) is 2.97. The molecule has 1 N–H and O–H groups in total. The molecule has 0 spiro atoms. The van der Waals surface area contributed by atoms with Crippen LogP contribution in [0.1, 0.15) is 6.42 Å². The molecule has 1 heterocycles. The highest BCUT2D eigenvalue weighted by Crippen LogP contribution is 2.03. The van der Waals surface area contributed by atoms with Crippen LogP contribution in [-0.2, 0) is 6.54 Å². The highest BCUT2D eigenvalue weighted by molar-refractivity contribution is 6.30. The molecule has 0 unspecified atom stereocenters. The van der Waals surface area contributed by atoms with Gasteiger partial charge in [0, 0.05) is 25.4 Å². The summed E-state index contributed by atoms with van der Waals surface area (Å²) in [6.07, 6.45) is 2.14. The topological polar surface area (TPSA) is 42.2 Å². The Morgan fingerprint density at radius 2 is 2.25 bits per heavy atom. The first kappa shape index (κ1) is 9.29. The average Bonchev–Trinajstić information content (AvgIpc) is 2.07. The zero-order valence-corrected chi connectivity index (χ0v) is 7.29. The quantitative estimate of drug-likeness (QED) is 0.764. The Hall–Kier alpha value is -0.800. The number of pyridine rings is 1. The standard InChI is InChI=1S/C8H10ClNO2/c9-7-2-3-8(12)10(6-7)4-1-5-11/h2-3,6,11H,1,4-5H2. The second-order valence-corrected chi connectivity index (χ2v) is 2.89. The first-order valence-corrected chi connectivity index (χ1v) is 4.08. The third-order valence-electron chi connectivity index (χ3n) is 1.50. The normalized spacial score (nSPS) is 10.2. The molecule has 0 aliphatic rings. The molecule has 0 aliphatic carbocycles. The Morgan fingerprint density at radius 3 is 2.92 bits per heavy atom. The number of aliphatic hydroxyl groups is 1. The van der Waals surface area contributed by atoms with Crippen LogP contribution in [0.25, 0.3) is 0 Å². The van der Waals surface area contributed by atoms with Crippen LogP contribution in [0.2, 0.25) is 5.02 Å². The maximum absolute atomic E-state index is 11.1. The number of aryl methyl sites for hydroxylation is 1. The van der Waals surface area contributed by atoms with Crippen LogP contribution in [0.4, 0.5) is 0 Å². The third-order valence-corrected chi connectivity index (χ3v) is 1.73. The average molecular weight is 188 g/mol. The van der Waals surface area contributed by atoms with Crippen LogP contribution in [0, 0.1) is 0 Å². The van der Waals surface area contributed by atoms with Gasteiger partial charge in [0.2, 0.25) is 0 Å². The third kappa shape index (κ3) is 2.36. The number of rotatable bonds is 3. The van der Waals surface area contributed by atoms with Crippen molar-refractivity contribution >= 4 is 11.6 Å². The van der Waals surface area contributed by atoms with Crippen molar-refractivity contribution in [3.05, 3.63) is 33.7 Å². The molecule has 0 bridgehead atoms. The van der Waals surface area contributed by atoms with E-state index in [0.717, 1.165) is 0 Å². The fourth-order valence-corrected chi connectivity index (χ4v) is 1.10. The van der Waals surface area contributed by atoms with Crippen molar-refractivity contribution < 1.29 is 5.11 Å². The predicted molar refractivity (Wildman–Crippen MR) is 47.4 cm³/mol. The largest absolute Gasteiger partial charge is 0.396 e. The van der Waals surface area contributed by atoms with Crippen LogP contribution in [0.15, 0.2) is 23.1 Å². The molecule has 0 saturated heterocycles. The lowest BCUT2D eigenvalue weighted by atomic mass is 10.4. The monoisotopic (exact) mass is 187 g/mol. The van der Waals surface area contributed by atoms with Gasteiger partial charge in [0.15, 0.2) is 0 Å². The van der Waals surface area contributed by atoms with E-state index < -0.39 is 0 Å². The van der Waals surface area contributed by atoms with Crippen molar-refractivity contribution in [2.45, 2.75) is 13.0 Å². The number of aliphatic hydroxyl groups excluding tert-OH is 1. The van der Waals surface area contributed by atoms with E-state index in [1.165, 1.54) is 10.6 Å². The van der Waals surface area contributed by atoms with E-state index in [-0.39, 0.29) is 12.2 Å². The summed E-state index contributed by atoms with van der Waals surface area (Å²) in [4.78, 5) is 11.1. The highest BCUT2D eigenvalue weighted by Gasteiger charge is 1.95. The van der Waals surface area contributed by atoms with Crippen molar-refractivity contribution in [3.63, 3.8) is 0 Å². The van der Waals surface area contributed by atoms with Gasteiger partial charge in [-0.25, -0.2) is 0 Å². The molecule has 3 nitrogen and oxygen atoms in total. The number of halogens is 1. The first-order chi connectivity index (χ1) is 5.74. The lowest BCUT2D eigenvalue weighted by Crippen LogP contribution is -2.18. The molecular formula is C8H10ClNO2. The molecule has 0 aliphatic heterocycles. The summed E-state index contributed by atoms with van der Waals surface area (Å²) in [5.41, 5.74) is -0.0900. The lowest BCUT2D eigenvalue weighted by molar-refractivity contribution is 0.279. The van der Waals surface area contributed by atoms with Gasteiger partial charge in [0.25, 0.3) is 5.56 Å². The van der Waals surface area contributed by atoms with E-state index in [0.29, 0.717) is 18.0 Å². The van der Waals surface area contributed by atoms with Gasteiger partial charge >= 0.3 is 0 Å². The second-order valence-electron chi connectivity index (χ2n) is 2.46. The van der Waals surface area contributed by atoms with Crippen LogP contribution in [0.3, 0.4) is 0 Å². The summed E-state index contributed by atoms with van der Waals surface area (Å²) >= 11 is 5.67. The summed E-state index contributed by atoms with van der Waals surface area (Å²) in [6.45, 7) is 0.592. The predicted octanol–water partition coefficient (Wildman–Crippen LogP) is 0.884. The Bertz CT molecular complexity index is 308. The zero-order valence-electron chi connectivity index (χ0n) is 6.53. The fraction of sp³-hybridized carbons (Fsp3) is 0.375. The van der Waals surface area contributed by atoms with Crippen molar-refractivity contribution in [2.75, 3.05) is 6.61 Å². The van der Waals surface area contributed by atoms with Gasteiger partial charge in [-0.1, -0.05) is 11.6 Å². The molecule has 0 radical (unpaired) electrons. The number of hydrogen-bond donors (Lipinski definition) is 1. The lowest BCUT2D eigenvalue weighted by Gasteiger charge is -2.02. The SMILES string of the molecule is O=c1ccc(Cl)cn1CCCO. The fourth-order valence-electron chi connectivity index (χ4n) is 0.918. The van der Waals surface area contributed by atoms with Crippen LogP contribution in [-0.4, -0.2) is 16.3 Å². The Kier molecular flexibility index (Phi) is 3.31. The van der Waals surface area contributed by atoms with Crippen molar-refractivity contribution in [3.8, 4) is 0 Å². The molecule has 0 amide bonds. The molecule has 0 fully saturated rings. The van der Waals surface area contributed by atoms with Gasteiger partial charge in [-0.3, -0.25) is 4.79 Å². The van der Waals surface area contributed by atoms with E-state index in [2.05, 4.69) is 0 Å². The van der Waals surface area contributed by atoms with Crippen molar-refractivity contribution in [2.24, 2.45) is 0 Å². The molecule has 0 aromatic carbocycles. The van der Waals surface area contributed by atoms with Crippen LogP contribution in [0.5, 0.6) is 0 Å². The molecule has 1 aromatic heterocycles. The van der Waals surface area contributed by atoms with Gasteiger partial charge in [-0.2, -0.15) is 0 Å². The van der Waals surface area contributed by atoms with Gasteiger partial charge in [0.05, 0.1) is 5.02 Å². The second kappa shape index (κ2) is 4.28. The molecule has 66 valence electrons. The maximum atomic E-state index is 11.1. The summed E-state index contributed by atoms with van der Waals surface area (Å²) in [5.74, 6) is 0. The Balaban J connectivity index is 2.83. The molecule has 1 aromatic rings. The Morgan fingerprint density at radius 1 is 1.50 bits per heavy atom. The molecule has 12 heavy (non-hydrogen) atoms.